The fraction of sp³-hybridized carbons (Fsp3) is 0.250. The van der Waals surface area contributed by atoms with Gasteiger partial charge in [-0.25, -0.2) is 9.78 Å². The van der Waals surface area contributed by atoms with Gasteiger partial charge in [-0.2, -0.15) is 0 Å². The van der Waals surface area contributed by atoms with Crippen molar-refractivity contribution in [1.29, 1.82) is 0 Å². The van der Waals surface area contributed by atoms with E-state index in [-0.39, 0.29) is 5.56 Å². The average molecular weight is 270 g/mol. The van der Waals surface area contributed by atoms with Gasteiger partial charge in [-0.15, -0.1) is 0 Å². The highest BCUT2D eigenvalue weighted by Crippen LogP contribution is 2.22. The van der Waals surface area contributed by atoms with Crippen LogP contribution >= 0.6 is 0 Å². The molecule has 0 saturated carbocycles. The van der Waals surface area contributed by atoms with Crippen molar-refractivity contribution >= 4 is 11.8 Å². The molecule has 1 aromatic carbocycles. The third-order valence-electron chi connectivity index (χ3n) is 3.02. The lowest BCUT2D eigenvalue weighted by atomic mass is 10.1. The maximum atomic E-state index is 11.2. The first-order valence-electron chi connectivity index (χ1n) is 6.67. The molecule has 2 aromatic rings. The van der Waals surface area contributed by atoms with E-state index < -0.39 is 5.97 Å². The van der Waals surface area contributed by atoms with Crippen molar-refractivity contribution in [2.45, 2.75) is 20.3 Å². The Hall–Kier alpha value is -2.36. The van der Waals surface area contributed by atoms with Crippen LogP contribution in [-0.4, -0.2) is 22.6 Å². The third-order valence-corrected chi connectivity index (χ3v) is 3.02. The number of anilines is 1. The number of nitrogens with one attached hydrogen (secondary N) is 1. The molecule has 0 radical (unpaired) electrons. The fourth-order valence-corrected chi connectivity index (χ4v) is 1.89. The van der Waals surface area contributed by atoms with Crippen molar-refractivity contribution < 1.29 is 9.90 Å². The highest BCUT2D eigenvalue weighted by molar-refractivity contribution is 5.93. The highest BCUT2D eigenvalue weighted by Gasteiger charge is 2.12. The predicted octanol–water partition coefficient (Wildman–Crippen LogP) is 3.58. The van der Waals surface area contributed by atoms with Gasteiger partial charge in [0, 0.05) is 12.1 Å². The van der Waals surface area contributed by atoms with E-state index in [1.165, 1.54) is 5.56 Å². The quantitative estimate of drug-likeness (QED) is 0.871. The Balaban J connectivity index is 2.40. The normalized spacial score (nSPS) is 10.3. The Kier molecular flexibility index (Phi) is 4.35. The lowest BCUT2D eigenvalue weighted by molar-refractivity contribution is 0.0697. The van der Waals surface area contributed by atoms with Gasteiger partial charge in [0.2, 0.25) is 0 Å². The molecular formula is C16H18N2O2. The third kappa shape index (κ3) is 3.15. The van der Waals surface area contributed by atoms with Gasteiger partial charge in [0.15, 0.2) is 0 Å². The minimum atomic E-state index is -0.966. The van der Waals surface area contributed by atoms with E-state index in [2.05, 4.69) is 10.3 Å². The number of rotatable bonds is 5. The van der Waals surface area contributed by atoms with E-state index in [1.807, 2.05) is 38.1 Å². The van der Waals surface area contributed by atoms with Crippen LogP contribution < -0.4 is 5.32 Å². The number of hydrogen-bond acceptors (Lipinski definition) is 3. The summed E-state index contributed by atoms with van der Waals surface area (Å²) in [5.74, 6) is -0.538. The summed E-state index contributed by atoms with van der Waals surface area (Å²) in [4.78, 5) is 15.6. The zero-order valence-corrected chi connectivity index (χ0v) is 11.7. The molecule has 2 N–H and O–H groups in total. The molecule has 0 aliphatic rings. The highest BCUT2D eigenvalue weighted by atomic mass is 16.4. The van der Waals surface area contributed by atoms with Crippen molar-refractivity contribution in [1.82, 2.24) is 4.98 Å². The van der Waals surface area contributed by atoms with Crippen LogP contribution in [0.5, 0.6) is 0 Å². The van der Waals surface area contributed by atoms with Gasteiger partial charge in [0.25, 0.3) is 0 Å². The summed E-state index contributed by atoms with van der Waals surface area (Å²) >= 11 is 0. The maximum absolute atomic E-state index is 11.2. The first-order chi connectivity index (χ1) is 9.61. The van der Waals surface area contributed by atoms with E-state index in [0.29, 0.717) is 12.4 Å². The first-order valence-corrected chi connectivity index (χ1v) is 6.67. The standard InChI is InChI=1S/C16H18N2O2/c1-3-10-17-15-13(16(19)20)8-9-14(18-15)12-6-4-11(2)5-7-12/h4-9H,3,10H2,1-2H3,(H,17,18)(H,19,20). The van der Waals surface area contributed by atoms with Crippen molar-refractivity contribution in [2.24, 2.45) is 0 Å². The smallest absolute Gasteiger partial charge is 0.339 e. The Morgan fingerprint density at radius 1 is 1.20 bits per heavy atom. The van der Waals surface area contributed by atoms with Crippen LogP contribution in [0.3, 0.4) is 0 Å². The number of carboxylic acid groups (broad SMARTS) is 1. The fourth-order valence-electron chi connectivity index (χ4n) is 1.89. The number of carboxylic acids is 1. The van der Waals surface area contributed by atoms with Crippen LogP contribution in [0.4, 0.5) is 5.82 Å². The van der Waals surface area contributed by atoms with Crippen molar-refractivity contribution in [3.63, 3.8) is 0 Å². The number of pyridine rings is 1. The molecule has 4 nitrogen and oxygen atoms in total. The van der Waals surface area contributed by atoms with Crippen molar-refractivity contribution in [2.75, 3.05) is 11.9 Å². The summed E-state index contributed by atoms with van der Waals surface area (Å²) in [7, 11) is 0. The molecule has 0 atom stereocenters. The van der Waals surface area contributed by atoms with E-state index in [0.717, 1.165) is 17.7 Å². The average Bonchev–Trinajstić information content (AvgIpc) is 2.45. The molecule has 0 aliphatic carbocycles. The van der Waals surface area contributed by atoms with Gasteiger partial charge in [-0.1, -0.05) is 36.8 Å². The number of aromatic nitrogens is 1. The summed E-state index contributed by atoms with van der Waals surface area (Å²) in [6, 6.07) is 11.3. The number of benzene rings is 1. The summed E-state index contributed by atoms with van der Waals surface area (Å²) in [6.45, 7) is 4.75. The van der Waals surface area contributed by atoms with Gasteiger partial charge >= 0.3 is 5.97 Å². The van der Waals surface area contributed by atoms with Crippen LogP contribution in [0, 0.1) is 6.92 Å². The molecule has 0 amide bonds. The Morgan fingerprint density at radius 3 is 2.50 bits per heavy atom. The van der Waals surface area contributed by atoms with Crippen LogP contribution in [0.25, 0.3) is 11.3 Å². The molecule has 0 unspecified atom stereocenters. The summed E-state index contributed by atoms with van der Waals surface area (Å²) in [5, 5.41) is 12.3. The molecule has 0 saturated heterocycles. The Morgan fingerprint density at radius 2 is 1.90 bits per heavy atom. The number of aromatic carboxylic acids is 1. The van der Waals surface area contributed by atoms with Crippen molar-refractivity contribution in [3.8, 4) is 11.3 Å². The van der Waals surface area contributed by atoms with Crippen molar-refractivity contribution in [3.05, 3.63) is 47.5 Å². The molecule has 4 heteroatoms. The zero-order chi connectivity index (χ0) is 14.5. The maximum Gasteiger partial charge on any atom is 0.339 e. The second-order valence-corrected chi connectivity index (χ2v) is 4.69. The minimum absolute atomic E-state index is 0.203. The van der Waals surface area contributed by atoms with E-state index >= 15 is 0 Å². The lowest BCUT2D eigenvalue weighted by Crippen LogP contribution is -2.09. The largest absolute Gasteiger partial charge is 0.478 e. The van der Waals surface area contributed by atoms with Gasteiger partial charge in [-0.05, 0) is 25.5 Å². The number of hydrogen-bond donors (Lipinski definition) is 2. The van der Waals surface area contributed by atoms with Crippen LogP contribution in [-0.2, 0) is 0 Å². The first kappa shape index (κ1) is 14.1. The summed E-state index contributed by atoms with van der Waals surface area (Å²) < 4.78 is 0. The predicted molar refractivity (Wildman–Crippen MR) is 80.2 cm³/mol. The SMILES string of the molecule is CCCNc1nc(-c2ccc(C)cc2)ccc1C(=O)O. The number of aryl methyl sites for hydroxylation is 1. The molecular weight excluding hydrogens is 252 g/mol. The van der Waals surface area contributed by atoms with Crippen LogP contribution in [0.2, 0.25) is 0 Å². The summed E-state index contributed by atoms with van der Waals surface area (Å²) in [6.07, 6.45) is 0.912. The molecule has 0 bridgehead atoms. The number of carbonyl (C=O) groups is 1. The zero-order valence-electron chi connectivity index (χ0n) is 11.7. The molecule has 2 rings (SSSR count). The second-order valence-electron chi connectivity index (χ2n) is 4.69. The monoisotopic (exact) mass is 270 g/mol. The molecule has 20 heavy (non-hydrogen) atoms. The van der Waals surface area contributed by atoms with E-state index in [9.17, 15) is 9.90 Å². The Labute approximate surface area is 118 Å². The lowest BCUT2D eigenvalue weighted by Gasteiger charge is -2.10. The number of nitrogens with zero attached hydrogens (tertiary/aromatic N) is 1. The van der Waals surface area contributed by atoms with Gasteiger partial charge in [0.05, 0.1) is 5.69 Å². The van der Waals surface area contributed by atoms with E-state index in [4.69, 9.17) is 0 Å². The molecule has 0 aliphatic heterocycles. The minimum Gasteiger partial charge on any atom is -0.478 e. The van der Waals surface area contributed by atoms with Gasteiger partial charge < -0.3 is 10.4 Å². The van der Waals surface area contributed by atoms with Crippen LogP contribution in [0.1, 0.15) is 29.3 Å². The molecule has 0 spiro atoms. The molecule has 104 valence electrons. The molecule has 1 aromatic heterocycles. The molecule has 1 heterocycles. The van der Waals surface area contributed by atoms with E-state index in [1.54, 1.807) is 12.1 Å². The Bertz CT molecular complexity index is 606. The second kappa shape index (κ2) is 6.19. The summed E-state index contributed by atoms with van der Waals surface area (Å²) in [5.41, 5.74) is 3.13. The molecule has 0 fully saturated rings. The van der Waals surface area contributed by atoms with Crippen LogP contribution in [0.15, 0.2) is 36.4 Å². The van der Waals surface area contributed by atoms with Gasteiger partial charge in [0.1, 0.15) is 11.4 Å². The topological polar surface area (TPSA) is 62.2 Å². The van der Waals surface area contributed by atoms with Gasteiger partial charge in [-0.3, -0.25) is 0 Å².